The van der Waals surface area contributed by atoms with E-state index in [9.17, 15) is 31.0 Å². The fourth-order valence-electron chi connectivity index (χ4n) is 6.27. The Morgan fingerprint density at radius 2 is 1.15 bits per heavy atom. The van der Waals surface area contributed by atoms with Crippen molar-refractivity contribution in [1.29, 1.82) is 0 Å². The third kappa shape index (κ3) is 12.6. The highest BCUT2D eigenvalue weighted by atomic mass is 32.2. The van der Waals surface area contributed by atoms with E-state index < -0.39 is 37.5 Å². The zero-order valence-electron chi connectivity index (χ0n) is 36.0. The number of aromatic hydroxyl groups is 1. The van der Waals surface area contributed by atoms with Crippen LogP contribution in [-0.4, -0.2) is 50.1 Å². The number of nitrogens with two attached hydrogens (primary N) is 1. The van der Waals surface area contributed by atoms with Crippen LogP contribution in [0.5, 0.6) is 17.2 Å². The second-order valence-corrected chi connectivity index (χ2v) is 17.8. The molecule has 0 amide bonds. The first-order chi connectivity index (χ1) is 32.0. The summed E-state index contributed by atoms with van der Waals surface area (Å²) in [7, 11) is -9.18. The summed E-state index contributed by atoms with van der Waals surface area (Å²) < 4.78 is 78.5. The topological polar surface area (TPSA) is 284 Å². The fraction of sp³-hybridized carbons (Fsp3) is 0.130. The maximum Gasteiger partial charge on any atom is 0.296 e. The highest BCUT2D eigenvalue weighted by Crippen LogP contribution is 2.40. The van der Waals surface area contributed by atoms with E-state index in [2.05, 4.69) is 46.2 Å². The van der Waals surface area contributed by atoms with Gasteiger partial charge in [0.2, 0.25) is 0 Å². The molecule has 342 valence electrons. The van der Waals surface area contributed by atoms with E-state index in [0.29, 0.717) is 50.6 Å². The molecule has 0 aromatic heterocycles. The minimum Gasteiger partial charge on any atom is -0.505 e. The molecule has 67 heavy (non-hydrogen) atoms. The van der Waals surface area contributed by atoms with Gasteiger partial charge in [0.05, 0.1) is 28.4 Å². The van der Waals surface area contributed by atoms with Crippen LogP contribution in [0.2, 0.25) is 0 Å². The Kier molecular flexibility index (Phi) is 14.4. The van der Waals surface area contributed by atoms with Crippen LogP contribution in [0.25, 0.3) is 10.8 Å². The van der Waals surface area contributed by atoms with E-state index in [1.54, 1.807) is 98.8 Å². The van der Waals surface area contributed by atoms with Gasteiger partial charge in [-0.2, -0.15) is 42.4 Å². The molecule has 0 atom stereocenters. The van der Waals surface area contributed by atoms with Gasteiger partial charge < -0.3 is 25.6 Å². The number of nitrogens with zero attached hydrogens (tertiary/aromatic N) is 8. The molecular weight excluding hydrogens is 901 g/mol. The Bertz CT molecular complexity index is 3310. The van der Waals surface area contributed by atoms with E-state index in [0.717, 1.165) is 17.1 Å². The second kappa shape index (κ2) is 20.5. The van der Waals surface area contributed by atoms with Gasteiger partial charge in [-0.15, -0.1) is 15.3 Å². The Morgan fingerprint density at radius 1 is 0.567 bits per heavy atom. The van der Waals surface area contributed by atoms with Gasteiger partial charge in [-0.25, -0.2) is 0 Å². The van der Waals surface area contributed by atoms with Crippen molar-refractivity contribution in [2.45, 2.75) is 25.7 Å². The summed E-state index contributed by atoms with van der Waals surface area (Å²) in [4.78, 5) is -0.570. The molecule has 0 spiro atoms. The number of hydrogen-bond acceptors (Lipinski definition) is 17. The molecular formula is C46H42N10O9S2. The molecule has 0 unspecified atom stereocenters. The van der Waals surface area contributed by atoms with Crippen LogP contribution >= 0.6 is 0 Å². The molecule has 0 aliphatic rings. The molecule has 0 saturated heterocycles. The van der Waals surface area contributed by atoms with Gasteiger partial charge in [0.1, 0.15) is 45.8 Å². The van der Waals surface area contributed by atoms with E-state index in [1.165, 1.54) is 18.2 Å². The minimum absolute atomic E-state index is 0.0180. The molecule has 0 aliphatic carbocycles. The number of nitrogens with one attached hydrogen (secondary N) is 1. The van der Waals surface area contributed by atoms with E-state index in [-0.39, 0.29) is 46.7 Å². The number of aryl methyl sites for hydroxylation is 3. The van der Waals surface area contributed by atoms with Crippen LogP contribution in [0.4, 0.5) is 56.9 Å². The third-order valence-electron chi connectivity index (χ3n) is 9.81. The summed E-state index contributed by atoms with van der Waals surface area (Å²) in [5, 5.41) is 49.6. The molecule has 7 aromatic rings. The van der Waals surface area contributed by atoms with Crippen molar-refractivity contribution in [2.75, 3.05) is 30.1 Å². The molecule has 0 radical (unpaired) electrons. The van der Waals surface area contributed by atoms with Crippen molar-refractivity contribution in [2.24, 2.45) is 40.9 Å². The Labute approximate surface area is 385 Å². The molecule has 0 bridgehead atoms. The van der Waals surface area contributed by atoms with Crippen LogP contribution in [0.3, 0.4) is 0 Å². The summed E-state index contributed by atoms with van der Waals surface area (Å²) in [6.07, 6.45) is 0. The number of azo groups is 4. The fourth-order valence-corrected chi connectivity index (χ4v) is 7.21. The molecule has 7 aromatic carbocycles. The van der Waals surface area contributed by atoms with E-state index in [1.807, 2.05) is 25.1 Å². The van der Waals surface area contributed by atoms with Crippen LogP contribution in [0, 0.1) is 20.8 Å². The van der Waals surface area contributed by atoms with Gasteiger partial charge in [0, 0.05) is 22.8 Å². The monoisotopic (exact) mass is 942 g/mol. The second-order valence-electron chi connectivity index (χ2n) is 14.8. The number of phenolic OH excluding ortho intramolecular Hbond substituents is 1. The lowest BCUT2D eigenvalue weighted by Gasteiger charge is -2.11. The quantitative estimate of drug-likeness (QED) is 0.0247. The predicted octanol–water partition coefficient (Wildman–Crippen LogP) is 12.7. The van der Waals surface area contributed by atoms with Gasteiger partial charge >= 0.3 is 0 Å². The van der Waals surface area contributed by atoms with Crippen molar-refractivity contribution in [3.8, 4) is 17.2 Å². The van der Waals surface area contributed by atoms with Crippen LogP contribution in [-0.2, 0) is 20.2 Å². The highest BCUT2D eigenvalue weighted by molar-refractivity contribution is 7.86. The first-order valence-electron chi connectivity index (χ1n) is 20.1. The summed E-state index contributed by atoms with van der Waals surface area (Å²) in [6.45, 7) is 5.03. The standard InChI is InChI=1S/C46H42N10O9S2/c1-28-22-41(29(2)21-40(28)53-52-39-17-9-31-24-34(12-16-37(31)46(39)57)48-27-65-36-14-10-32(47)11-15-36)54-56-43-23-30(3)42(26-44(43)64-19-20-66(58,59)60)55-51-38-18-13-35(25-45(38)67(61,62)63)50-49-33-7-5-4-6-8-33/h4-18,21-26,48,57H,19-20,27,47H2,1-3H3,(H,58,59,60)(H,61,62,63). The van der Waals surface area contributed by atoms with Gasteiger partial charge in [0.25, 0.3) is 20.2 Å². The number of rotatable bonds is 17. The normalized spacial score (nSPS) is 12.3. The molecule has 7 rings (SSSR count). The van der Waals surface area contributed by atoms with Crippen LogP contribution in [0.15, 0.2) is 173 Å². The molecule has 6 N–H and O–H groups in total. The Hall–Kier alpha value is -7.98. The zero-order valence-corrected chi connectivity index (χ0v) is 37.6. The van der Waals surface area contributed by atoms with Gasteiger partial charge in [-0.3, -0.25) is 9.11 Å². The Morgan fingerprint density at radius 3 is 1.81 bits per heavy atom. The first kappa shape index (κ1) is 47.0. The SMILES string of the molecule is Cc1cc(N=Nc2ccc3cc(NCOc4ccc(N)cc4)ccc3c2O)c(C)cc1N=Nc1cc(C)c(N=Nc2ccc(N=Nc3ccccc3)cc2S(=O)(=O)O)cc1OCCS(=O)(=O)O. The maximum absolute atomic E-state index is 12.4. The number of hydrogen-bond donors (Lipinski definition) is 5. The summed E-state index contributed by atoms with van der Waals surface area (Å²) in [5.74, 6) is -0.0808. The van der Waals surface area contributed by atoms with Crippen molar-refractivity contribution in [3.63, 3.8) is 0 Å². The van der Waals surface area contributed by atoms with Crippen LogP contribution < -0.4 is 20.5 Å². The van der Waals surface area contributed by atoms with Crippen LogP contribution in [0.1, 0.15) is 16.7 Å². The van der Waals surface area contributed by atoms with Crippen molar-refractivity contribution in [1.82, 2.24) is 0 Å². The number of benzene rings is 7. The zero-order chi connectivity index (χ0) is 47.7. The van der Waals surface area contributed by atoms with Gasteiger partial charge in [0.15, 0.2) is 12.5 Å². The van der Waals surface area contributed by atoms with Crippen molar-refractivity contribution < 1.29 is 40.5 Å². The molecule has 0 heterocycles. The number of ether oxygens (including phenoxy) is 2. The minimum atomic E-state index is -4.79. The molecule has 0 saturated carbocycles. The smallest absolute Gasteiger partial charge is 0.296 e. The molecule has 0 aliphatic heterocycles. The lowest BCUT2D eigenvalue weighted by Crippen LogP contribution is -2.12. The molecule has 19 nitrogen and oxygen atoms in total. The van der Waals surface area contributed by atoms with E-state index in [4.69, 9.17) is 15.2 Å². The lowest BCUT2D eigenvalue weighted by atomic mass is 10.1. The highest BCUT2D eigenvalue weighted by Gasteiger charge is 2.18. The molecule has 21 heteroatoms. The number of anilines is 2. The first-order valence-corrected chi connectivity index (χ1v) is 23.2. The van der Waals surface area contributed by atoms with Gasteiger partial charge in [-0.05, 0) is 140 Å². The number of phenols is 1. The largest absolute Gasteiger partial charge is 0.505 e. The van der Waals surface area contributed by atoms with Crippen molar-refractivity contribution >= 4 is 87.9 Å². The third-order valence-corrected chi connectivity index (χ3v) is 11.4. The summed E-state index contributed by atoms with van der Waals surface area (Å²) in [6, 6.07) is 35.1. The average molecular weight is 943 g/mol. The average Bonchev–Trinajstić information content (AvgIpc) is 3.29. The Balaban J connectivity index is 1.09. The lowest BCUT2D eigenvalue weighted by molar-refractivity contribution is 0.337. The number of nitrogen functional groups attached to an aromatic ring is 1. The molecule has 0 fully saturated rings. The van der Waals surface area contributed by atoms with Crippen molar-refractivity contribution in [3.05, 3.63) is 144 Å². The summed E-state index contributed by atoms with van der Waals surface area (Å²) >= 11 is 0. The predicted molar refractivity (Wildman–Crippen MR) is 254 cm³/mol. The maximum atomic E-state index is 12.4. The van der Waals surface area contributed by atoms with E-state index >= 15 is 0 Å². The number of fused-ring (bicyclic) bond motifs is 1. The summed E-state index contributed by atoms with van der Waals surface area (Å²) in [5.41, 5.74) is 11.0. The van der Waals surface area contributed by atoms with Gasteiger partial charge in [-0.1, -0.05) is 24.3 Å².